The smallest absolute Gasteiger partial charge is 0.313 e. The van der Waals surface area contributed by atoms with Crippen LogP contribution in [-0.2, 0) is 35.1 Å². The van der Waals surface area contributed by atoms with E-state index in [2.05, 4.69) is 12.2 Å². The summed E-state index contributed by atoms with van der Waals surface area (Å²) in [7, 11) is 0. The summed E-state index contributed by atoms with van der Waals surface area (Å²) >= 11 is 0. The second-order valence-electron chi connectivity index (χ2n) is 12.2. The van der Waals surface area contributed by atoms with Crippen molar-refractivity contribution >= 4 is 23.7 Å². The van der Waals surface area contributed by atoms with Gasteiger partial charge in [-0.05, 0) is 38.7 Å². The zero-order valence-corrected chi connectivity index (χ0v) is 25.2. The van der Waals surface area contributed by atoms with Crippen molar-refractivity contribution in [1.29, 1.82) is 0 Å². The van der Waals surface area contributed by atoms with Crippen molar-refractivity contribution in [3.63, 3.8) is 0 Å². The molecular weight excluding hydrogens is 550 g/mol. The number of carbonyl (C=O) groups excluding carboxylic acids is 4. The molecule has 232 valence electrons. The zero-order chi connectivity index (χ0) is 30.7. The van der Waals surface area contributed by atoms with E-state index >= 15 is 0 Å². The summed E-state index contributed by atoms with van der Waals surface area (Å²) in [4.78, 5) is 58.5. The molecule has 4 aliphatic heterocycles. The number of amides is 3. The number of hydrogen-bond donors (Lipinski definition) is 2. The minimum Gasteiger partial charge on any atom is -0.460 e. The molecule has 4 aliphatic rings. The van der Waals surface area contributed by atoms with Gasteiger partial charge in [0.1, 0.15) is 23.7 Å². The van der Waals surface area contributed by atoms with Crippen LogP contribution in [0.5, 0.6) is 0 Å². The molecule has 0 saturated carbocycles. The molecular formula is C33H43N3O7. The SMILES string of the molecule is CCCC(C)N1CC=C[C@]23O[C@@H]4/C=C\CCC(=O)NC[C@@H](C)OC(=O)[C@@H]4[C@H]2C(=O)N([C@@H](CO)Cc2ccccc2)[C@@H]3C1=O. The van der Waals surface area contributed by atoms with Gasteiger partial charge in [0.2, 0.25) is 17.7 Å². The third kappa shape index (κ3) is 5.87. The number of fused-ring (bicyclic) bond motifs is 2. The van der Waals surface area contributed by atoms with E-state index in [4.69, 9.17) is 9.47 Å². The van der Waals surface area contributed by atoms with Crippen LogP contribution in [0.25, 0.3) is 0 Å². The first-order valence-electron chi connectivity index (χ1n) is 15.5. The molecule has 43 heavy (non-hydrogen) atoms. The predicted molar refractivity (Wildman–Crippen MR) is 158 cm³/mol. The van der Waals surface area contributed by atoms with Crippen LogP contribution < -0.4 is 5.32 Å². The molecule has 1 unspecified atom stereocenters. The minimum absolute atomic E-state index is 0.0830. The first kappa shape index (κ1) is 30.9. The Balaban J connectivity index is 1.60. The monoisotopic (exact) mass is 593 g/mol. The second kappa shape index (κ2) is 13.0. The molecule has 0 aromatic heterocycles. The van der Waals surface area contributed by atoms with Crippen molar-refractivity contribution in [2.24, 2.45) is 11.8 Å². The van der Waals surface area contributed by atoms with E-state index in [9.17, 15) is 24.3 Å². The van der Waals surface area contributed by atoms with Crippen molar-refractivity contribution in [2.45, 2.75) is 88.8 Å². The van der Waals surface area contributed by atoms with Crippen LogP contribution in [0.2, 0.25) is 0 Å². The summed E-state index contributed by atoms with van der Waals surface area (Å²) in [6, 6.07) is 7.66. The number of rotatable bonds is 7. The summed E-state index contributed by atoms with van der Waals surface area (Å²) in [5, 5.41) is 13.4. The number of allylic oxidation sites excluding steroid dienone is 1. The van der Waals surface area contributed by atoms with Crippen molar-refractivity contribution in [2.75, 3.05) is 19.7 Å². The summed E-state index contributed by atoms with van der Waals surface area (Å²) in [6.07, 6.45) is 8.42. The van der Waals surface area contributed by atoms with Crippen LogP contribution in [0.3, 0.4) is 0 Å². The Morgan fingerprint density at radius 3 is 2.60 bits per heavy atom. The van der Waals surface area contributed by atoms with Crippen LogP contribution >= 0.6 is 0 Å². The third-order valence-corrected chi connectivity index (χ3v) is 9.16. The maximum absolute atomic E-state index is 14.6. The largest absolute Gasteiger partial charge is 0.460 e. The van der Waals surface area contributed by atoms with Crippen LogP contribution in [0.1, 0.15) is 52.0 Å². The average molecular weight is 594 g/mol. The maximum Gasteiger partial charge on any atom is 0.313 e. The topological polar surface area (TPSA) is 125 Å². The number of benzene rings is 1. The first-order valence-corrected chi connectivity index (χ1v) is 15.5. The fraction of sp³-hybridized carbons (Fsp3) is 0.576. The van der Waals surface area contributed by atoms with Crippen LogP contribution in [0, 0.1) is 11.8 Å². The molecule has 8 atom stereocenters. The Hall–Kier alpha value is -3.50. The highest BCUT2D eigenvalue weighted by Crippen LogP contribution is 2.54. The van der Waals surface area contributed by atoms with E-state index in [0.717, 1.165) is 18.4 Å². The molecule has 3 amide bonds. The number of carbonyl (C=O) groups is 4. The normalized spacial score (nSPS) is 33.3. The zero-order valence-electron chi connectivity index (χ0n) is 25.2. The number of likely N-dealkylation sites (tertiary alicyclic amines) is 1. The first-order chi connectivity index (χ1) is 20.7. The lowest BCUT2D eigenvalue weighted by atomic mass is 9.77. The highest BCUT2D eigenvalue weighted by atomic mass is 16.6. The Labute approximate surface area is 253 Å². The molecule has 1 aromatic rings. The summed E-state index contributed by atoms with van der Waals surface area (Å²) in [5.74, 6) is -3.47. The van der Waals surface area contributed by atoms with Crippen LogP contribution in [0.4, 0.5) is 0 Å². The van der Waals surface area contributed by atoms with Gasteiger partial charge < -0.3 is 29.7 Å². The highest BCUT2D eigenvalue weighted by molar-refractivity contribution is 5.99. The lowest BCUT2D eigenvalue weighted by Crippen LogP contribution is -2.59. The van der Waals surface area contributed by atoms with Crippen molar-refractivity contribution in [1.82, 2.24) is 15.1 Å². The molecule has 5 rings (SSSR count). The van der Waals surface area contributed by atoms with Gasteiger partial charge in [0.25, 0.3) is 0 Å². The number of esters is 1. The van der Waals surface area contributed by atoms with Gasteiger partial charge in [0.15, 0.2) is 0 Å². The van der Waals surface area contributed by atoms with Crippen LogP contribution in [0.15, 0.2) is 54.6 Å². The molecule has 0 aliphatic carbocycles. The van der Waals surface area contributed by atoms with E-state index in [1.807, 2.05) is 43.3 Å². The molecule has 2 saturated heterocycles. The van der Waals surface area contributed by atoms with Gasteiger partial charge in [0, 0.05) is 19.0 Å². The van der Waals surface area contributed by atoms with Gasteiger partial charge in [-0.25, -0.2) is 0 Å². The molecule has 10 nitrogen and oxygen atoms in total. The Kier molecular flexibility index (Phi) is 9.36. The molecule has 0 radical (unpaired) electrons. The van der Waals surface area contributed by atoms with Gasteiger partial charge in [-0.1, -0.05) is 68.0 Å². The van der Waals surface area contributed by atoms with Gasteiger partial charge in [-0.2, -0.15) is 0 Å². The van der Waals surface area contributed by atoms with Crippen molar-refractivity contribution in [3.05, 3.63) is 60.2 Å². The standard InChI is InChI=1S/C33H43N3O7/c1-4-11-21(2)35-17-10-16-33-28(27-25(43-33)14-8-9-15-26(38)34-19-22(3)42-32(27)41)30(39)36(29(33)31(35)40)24(20-37)18-23-12-6-5-7-13-23/h5-8,10,12-14,16,21-22,24-25,27-29,37H,4,9,11,15,17-20H2,1-3H3,(H,34,38)/b14-8-/t21?,22-,24-,25-,27+,28+,29-,33+/m1/s1. The number of ether oxygens (including phenoxy) is 2. The number of aliphatic hydroxyl groups excluding tert-OH is 1. The third-order valence-electron chi connectivity index (χ3n) is 9.16. The van der Waals surface area contributed by atoms with Crippen LogP contribution in [-0.4, -0.2) is 94.2 Å². The highest BCUT2D eigenvalue weighted by Gasteiger charge is 2.72. The number of cyclic esters (lactones) is 1. The molecule has 1 aromatic carbocycles. The van der Waals surface area contributed by atoms with E-state index in [-0.39, 0.29) is 37.4 Å². The second-order valence-corrected chi connectivity index (χ2v) is 12.2. The van der Waals surface area contributed by atoms with Gasteiger partial charge in [-0.3, -0.25) is 19.2 Å². The lowest BCUT2D eigenvalue weighted by Gasteiger charge is -2.40. The molecule has 2 N–H and O–H groups in total. The average Bonchev–Trinajstić information content (AvgIpc) is 3.38. The van der Waals surface area contributed by atoms with Gasteiger partial charge in [-0.15, -0.1) is 0 Å². The number of aliphatic hydroxyl groups is 1. The Bertz CT molecular complexity index is 1270. The molecule has 4 heterocycles. The molecule has 2 fully saturated rings. The summed E-state index contributed by atoms with van der Waals surface area (Å²) < 4.78 is 12.5. The van der Waals surface area contributed by atoms with E-state index in [0.29, 0.717) is 19.4 Å². The van der Waals surface area contributed by atoms with Crippen molar-refractivity contribution < 1.29 is 33.8 Å². The Morgan fingerprint density at radius 2 is 1.88 bits per heavy atom. The Morgan fingerprint density at radius 1 is 1.12 bits per heavy atom. The maximum atomic E-state index is 14.6. The predicted octanol–water partition coefficient (Wildman–Crippen LogP) is 2.16. The summed E-state index contributed by atoms with van der Waals surface area (Å²) in [6.45, 7) is 5.88. The lowest BCUT2D eigenvalue weighted by molar-refractivity contribution is -0.159. The van der Waals surface area contributed by atoms with Gasteiger partial charge in [0.05, 0.1) is 31.2 Å². The minimum atomic E-state index is -1.44. The summed E-state index contributed by atoms with van der Waals surface area (Å²) in [5.41, 5.74) is -0.522. The van der Waals surface area contributed by atoms with E-state index < -0.39 is 53.6 Å². The van der Waals surface area contributed by atoms with E-state index in [1.54, 1.807) is 30.1 Å². The van der Waals surface area contributed by atoms with E-state index in [1.165, 1.54) is 4.90 Å². The van der Waals surface area contributed by atoms with Gasteiger partial charge >= 0.3 is 5.97 Å². The fourth-order valence-electron chi connectivity index (χ4n) is 7.12. The molecule has 1 spiro atoms. The molecule has 0 bridgehead atoms. The number of hydrogen-bond acceptors (Lipinski definition) is 7. The number of nitrogens with one attached hydrogen (secondary N) is 1. The fourth-order valence-corrected chi connectivity index (χ4v) is 7.12. The number of nitrogens with zero attached hydrogens (tertiary/aromatic N) is 2. The van der Waals surface area contributed by atoms with Crippen molar-refractivity contribution in [3.8, 4) is 0 Å². The quantitative estimate of drug-likeness (QED) is 0.367. The molecule has 10 heteroatoms.